The van der Waals surface area contributed by atoms with Gasteiger partial charge in [0.25, 0.3) is 0 Å². The van der Waals surface area contributed by atoms with E-state index in [1.54, 1.807) is 30.3 Å². The average Bonchev–Trinajstić information content (AvgIpc) is 2.98. The molecular formula is C18H13BrFNO4. The molecule has 0 radical (unpaired) electrons. The smallest absolute Gasteiger partial charge is 0.363 e. The largest absolute Gasteiger partial charge is 0.493 e. The molecule has 0 aliphatic carbocycles. The molecule has 5 nitrogen and oxygen atoms in total. The van der Waals surface area contributed by atoms with Crippen molar-refractivity contribution < 1.29 is 23.4 Å². The molecule has 0 atom stereocenters. The number of benzene rings is 2. The first kappa shape index (κ1) is 17.2. The Kier molecular flexibility index (Phi) is 4.85. The zero-order chi connectivity index (χ0) is 18.0. The van der Waals surface area contributed by atoms with E-state index in [0.717, 1.165) is 0 Å². The molecule has 0 aromatic heterocycles. The number of hydrogen-bond donors (Lipinski definition) is 0. The summed E-state index contributed by atoms with van der Waals surface area (Å²) in [6, 6.07) is 9.45. The van der Waals surface area contributed by atoms with Crippen LogP contribution in [0, 0.1) is 5.82 Å². The van der Waals surface area contributed by atoms with E-state index in [-0.39, 0.29) is 17.2 Å². The van der Waals surface area contributed by atoms with Crippen LogP contribution in [0.5, 0.6) is 11.5 Å². The predicted octanol–water partition coefficient (Wildman–Crippen LogP) is 3.95. The van der Waals surface area contributed by atoms with Crippen molar-refractivity contribution in [3.8, 4) is 11.5 Å². The normalized spacial score (nSPS) is 15.1. The summed E-state index contributed by atoms with van der Waals surface area (Å²) in [4.78, 5) is 16.2. The average molecular weight is 406 g/mol. The lowest BCUT2D eigenvalue weighted by Crippen LogP contribution is -2.06. The van der Waals surface area contributed by atoms with Crippen LogP contribution in [0.2, 0.25) is 0 Å². The minimum atomic E-state index is -0.649. The molecule has 1 heterocycles. The Labute approximate surface area is 151 Å². The number of methoxy groups -OCH3 is 2. The van der Waals surface area contributed by atoms with Gasteiger partial charge in [-0.2, -0.15) is 0 Å². The van der Waals surface area contributed by atoms with E-state index in [4.69, 9.17) is 14.2 Å². The molecule has 0 bridgehead atoms. The molecule has 7 heteroatoms. The van der Waals surface area contributed by atoms with Crippen LogP contribution >= 0.6 is 15.9 Å². The summed E-state index contributed by atoms with van der Waals surface area (Å²) < 4.78 is 30.1. The Hall–Kier alpha value is -2.67. The maximum absolute atomic E-state index is 13.9. The minimum absolute atomic E-state index is 0.0155. The molecule has 0 saturated heterocycles. The van der Waals surface area contributed by atoms with Gasteiger partial charge in [-0.05, 0) is 42.5 Å². The monoisotopic (exact) mass is 405 g/mol. The van der Waals surface area contributed by atoms with Gasteiger partial charge in [0.05, 0.1) is 14.2 Å². The molecule has 2 aromatic carbocycles. The lowest BCUT2D eigenvalue weighted by Gasteiger charge is -2.08. The van der Waals surface area contributed by atoms with Crippen LogP contribution in [-0.2, 0) is 9.53 Å². The lowest BCUT2D eigenvalue weighted by atomic mass is 10.2. The zero-order valence-corrected chi connectivity index (χ0v) is 15.0. The third-order valence-electron chi connectivity index (χ3n) is 3.50. The Morgan fingerprint density at radius 1 is 1.12 bits per heavy atom. The first-order valence-electron chi connectivity index (χ1n) is 7.22. The topological polar surface area (TPSA) is 57.1 Å². The van der Waals surface area contributed by atoms with Crippen molar-refractivity contribution in [2.45, 2.75) is 0 Å². The maximum Gasteiger partial charge on any atom is 0.363 e. The first-order valence-corrected chi connectivity index (χ1v) is 8.01. The molecule has 0 amide bonds. The van der Waals surface area contributed by atoms with Crippen molar-refractivity contribution >= 4 is 33.9 Å². The number of esters is 1. The Balaban J connectivity index is 1.98. The molecular weight excluding hydrogens is 393 g/mol. The van der Waals surface area contributed by atoms with Crippen molar-refractivity contribution in [2.75, 3.05) is 14.2 Å². The third kappa shape index (κ3) is 3.56. The molecule has 1 aliphatic rings. The van der Waals surface area contributed by atoms with Crippen LogP contribution in [0.25, 0.3) is 6.08 Å². The maximum atomic E-state index is 13.9. The van der Waals surface area contributed by atoms with Gasteiger partial charge >= 0.3 is 5.97 Å². The summed E-state index contributed by atoms with van der Waals surface area (Å²) >= 11 is 3.27. The van der Waals surface area contributed by atoms with Gasteiger partial charge in [-0.3, -0.25) is 0 Å². The minimum Gasteiger partial charge on any atom is -0.493 e. The van der Waals surface area contributed by atoms with E-state index in [9.17, 15) is 9.18 Å². The van der Waals surface area contributed by atoms with Gasteiger partial charge in [-0.1, -0.05) is 15.9 Å². The Bertz CT molecular complexity index is 908. The highest BCUT2D eigenvalue weighted by atomic mass is 79.9. The van der Waals surface area contributed by atoms with E-state index in [1.165, 1.54) is 26.4 Å². The van der Waals surface area contributed by atoms with Gasteiger partial charge in [0.1, 0.15) is 5.82 Å². The number of aliphatic imine (C=N–C) groups is 1. The SMILES string of the molecule is COc1ccc(C2=N/C(=C\c3cc(Br)ccc3F)C(=O)O2)cc1OC. The van der Waals surface area contributed by atoms with Gasteiger partial charge in [0.2, 0.25) is 5.90 Å². The van der Waals surface area contributed by atoms with Crippen LogP contribution in [0.3, 0.4) is 0 Å². The van der Waals surface area contributed by atoms with Gasteiger partial charge < -0.3 is 14.2 Å². The summed E-state index contributed by atoms with van der Waals surface area (Å²) in [5.74, 6) is 0.0346. The number of rotatable bonds is 4. The molecule has 128 valence electrons. The lowest BCUT2D eigenvalue weighted by molar-refractivity contribution is -0.129. The molecule has 2 aromatic rings. The first-order chi connectivity index (χ1) is 12.0. The number of halogens is 2. The van der Waals surface area contributed by atoms with Crippen molar-refractivity contribution in [3.63, 3.8) is 0 Å². The second-order valence-electron chi connectivity index (χ2n) is 5.07. The van der Waals surface area contributed by atoms with Crippen LogP contribution in [0.1, 0.15) is 11.1 Å². The molecule has 0 spiro atoms. The van der Waals surface area contributed by atoms with E-state index >= 15 is 0 Å². The van der Waals surface area contributed by atoms with Crippen LogP contribution in [0.4, 0.5) is 4.39 Å². The number of hydrogen-bond acceptors (Lipinski definition) is 5. The van der Waals surface area contributed by atoms with Crippen LogP contribution < -0.4 is 9.47 Å². The fourth-order valence-corrected chi connectivity index (χ4v) is 2.65. The molecule has 1 aliphatic heterocycles. The van der Waals surface area contributed by atoms with Crippen molar-refractivity contribution in [1.82, 2.24) is 0 Å². The summed E-state index contributed by atoms with van der Waals surface area (Å²) in [5.41, 5.74) is 0.796. The number of ether oxygens (including phenoxy) is 3. The highest BCUT2D eigenvalue weighted by molar-refractivity contribution is 9.10. The summed E-state index contributed by atoms with van der Waals surface area (Å²) in [5, 5.41) is 0. The second-order valence-corrected chi connectivity index (χ2v) is 5.99. The number of carbonyl (C=O) groups excluding carboxylic acids is 1. The number of nitrogens with zero attached hydrogens (tertiary/aromatic N) is 1. The molecule has 0 N–H and O–H groups in total. The van der Waals surface area contributed by atoms with Gasteiger partial charge in [0, 0.05) is 15.6 Å². The summed E-state index contributed by atoms with van der Waals surface area (Å²) in [6.45, 7) is 0. The van der Waals surface area contributed by atoms with Gasteiger partial charge in [-0.25, -0.2) is 14.2 Å². The molecule has 0 unspecified atom stereocenters. The third-order valence-corrected chi connectivity index (χ3v) is 3.99. The van der Waals surface area contributed by atoms with Crippen LogP contribution in [0.15, 0.2) is 51.6 Å². The van der Waals surface area contributed by atoms with Crippen molar-refractivity contribution in [2.24, 2.45) is 4.99 Å². The molecule has 3 rings (SSSR count). The quantitative estimate of drug-likeness (QED) is 0.570. The van der Waals surface area contributed by atoms with E-state index < -0.39 is 11.8 Å². The van der Waals surface area contributed by atoms with E-state index in [2.05, 4.69) is 20.9 Å². The van der Waals surface area contributed by atoms with Crippen molar-refractivity contribution in [3.05, 3.63) is 63.5 Å². The van der Waals surface area contributed by atoms with Crippen LogP contribution in [-0.4, -0.2) is 26.1 Å². The fourth-order valence-electron chi connectivity index (χ4n) is 2.27. The predicted molar refractivity (Wildman–Crippen MR) is 94.3 cm³/mol. The summed E-state index contributed by atoms with van der Waals surface area (Å²) in [6.07, 6.45) is 1.34. The highest BCUT2D eigenvalue weighted by Gasteiger charge is 2.25. The number of cyclic esters (lactones) is 1. The van der Waals surface area contributed by atoms with E-state index in [0.29, 0.717) is 21.5 Å². The standard InChI is InChI=1S/C18H13BrFNO4/c1-23-15-6-3-10(9-16(15)24-2)17-21-14(18(22)25-17)8-11-7-12(19)4-5-13(11)20/h3-9H,1-2H3/b14-8-. The van der Waals surface area contributed by atoms with Gasteiger partial charge in [0.15, 0.2) is 17.2 Å². The summed E-state index contributed by atoms with van der Waals surface area (Å²) in [7, 11) is 3.03. The Morgan fingerprint density at radius 3 is 2.60 bits per heavy atom. The molecule has 0 saturated carbocycles. The second kappa shape index (κ2) is 7.06. The molecule has 25 heavy (non-hydrogen) atoms. The Morgan fingerprint density at radius 2 is 1.88 bits per heavy atom. The molecule has 0 fully saturated rings. The number of carbonyl (C=O) groups is 1. The van der Waals surface area contributed by atoms with Gasteiger partial charge in [-0.15, -0.1) is 0 Å². The van der Waals surface area contributed by atoms with Crippen molar-refractivity contribution in [1.29, 1.82) is 0 Å². The zero-order valence-electron chi connectivity index (χ0n) is 13.4. The highest BCUT2D eigenvalue weighted by Crippen LogP contribution is 2.29. The van der Waals surface area contributed by atoms with E-state index in [1.807, 2.05) is 0 Å². The fraction of sp³-hybridized carbons (Fsp3) is 0.111.